The van der Waals surface area contributed by atoms with Gasteiger partial charge in [0.1, 0.15) is 11.6 Å². The van der Waals surface area contributed by atoms with Gasteiger partial charge in [0, 0.05) is 25.0 Å². The maximum absolute atomic E-state index is 13.5. The van der Waals surface area contributed by atoms with E-state index in [1.807, 2.05) is 0 Å². The number of imidazole rings is 1. The number of halogens is 3. The average Bonchev–Trinajstić information content (AvgIpc) is 2.89. The van der Waals surface area contributed by atoms with Crippen LogP contribution in [0.15, 0.2) is 30.6 Å². The molecule has 0 bridgehead atoms. The number of carbonyl (C=O) groups is 1. The Hall–Kier alpha value is -2.31. The number of rotatable bonds is 4. The maximum Gasteiger partial charge on any atom is 0.319 e. The van der Waals surface area contributed by atoms with E-state index in [0.29, 0.717) is 10.1 Å². The topological polar surface area (TPSA) is 38.1 Å². The summed E-state index contributed by atoms with van der Waals surface area (Å²) in [5.41, 5.74) is 0.596. The van der Waals surface area contributed by atoms with Gasteiger partial charge in [-0.05, 0) is 24.6 Å². The lowest BCUT2D eigenvalue weighted by atomic mass is 10.1. The highest BCUT2D eigenvalue weighted by Crippen LogP contribution is 2.15. The van der Waals surface area contributed by atoms with Crippen LogP contribution in [0.1, 0.15) is 28.3 Å². The lowest BCUT2D eigenvalue weighted by molar-refractivity contribution is 0.0612. The van der Waals surface area contributed by atoms with Gasteiger partial charge >= 0.3 is 6.55 Å². The summed E-state index contributed by atoms with van der Waals surface area (Å²) in [4.78, 5) is 17.2. The smallest absolute Gasteiger partial charge is 0.319 e. The van der Waals surface area contributed by atoms with Crippen molar-refractivity contribution < 1.29 is 18.0 Å². The maximum atomic E-state index is 13.5. The molecule has 0 unspecified atom stereocenters. The van der Waals surface area contributed by atoms with E-state index in [0.717, 1.165) is 12.3 Å². The second-order valence-corrected chi connectivity index (χ2v) is 4.65. The first-order valence-electron chi connectivity index (χ1n) is 6.21. The number of nitrogens with zero attached hydrogens (tertiary/aromatic N) is 3. The van der Waals surface area contributed by atoms with Crippen molar-refractivity contribution in [3.8, 4) is 0 Å². The molecule has 0 aliphatic rings. The molecule has 1 amide bonds. The van der Waals surface area contributed by atoms with E-state index in [1.165, 1.54) is 30.3 Å². The molecule has 2 aromatic rings. The van der Waals surface area contributed by atoms with Gasteiger partial charge in [0.15, 0.2) is 0 Å². The zero-order valence-corrected chi connectivity index (χ0v) is 11.6. The van der Waals surface area contributed by atoms with Crippen LogP contribution in [0.4, 0.5) is 13.2 Å². The van der Waals surface area contributed by atoms with Gasteiger partial charge in [0.05, 0.1) is 6.54 Å². The van der Waals surface area contributed by atoms with Gasteiger partial charge in [0.25, 0.3) is 5.91 Å². The molecular formula is C14H14F3N3O. The zero-order valence-electron chi connectivity index (χ0n) is 11.6. The van der Waals surface area contributed by atoms with Crippen LogP contribution in [-0.4, -0.2) is 27.4 Å². The molecule has 1 aromatic heterocycles. The Morgan fingerprint density at radius 3 is 2.76 bits per heavy atom. The molecule has 0 spiro atoms. The van der Waals surface area contributed by atoms with Crippen molar-refractivity contribution in [2.75, 3.05) is 7.05 Å². The van der Waals surface area contributed by atoms with Crippen LogP contribution >= 0.6 is 0 Å². The van der Waals surface area contributed by atoms with Crippen LogP contribution in [0.25, 0.3) is 0 Å². The standard InChI is InChI=1S/C14H14F3N3O/c1-9-3-4-10(7-11(9)15)13(21)19(2)8-12-18-5-6-20(12)14(16)17/h3-7,14H,8H2,1-2H3. The summed E-state index contributed by atoms with van der Waals surface area (Å²) in [7, 11) is 1.45. The van der Waals surface area contributed by atoms with E-state index in [9.17, 15) is 18.0 Å². The molecule has 0 aliphatic carbocycles. The van der Waals surface area contributed by atoms with E-state index in [4.69, 9.17) is 0 Å². The number of amides is 1. The molecule has 1 heterocycles. The minimum absolute atomic E-state index is 0.0634. The first kappa shape index (κ1) is 15.1. The average molecular weight is 297 g/mol. The lowest BCUT2D eigenvalue weighted by Gasteiger charge is -2.18. The fourth-order valence-corrected chi connectivity index (χ4v) is 1.87. The van der Waals surface area contributed by atoms with Gasteiger partial charge in [-0.25, -0.2) is 9.37 Å². The monoisotopic (exact) mass is 297 g/mol. The second-order valence-electron chi connectivity index (χ2n) is 4.65. The predicted octanol–water partition coefficient (Wildman–Crippen LogP) is 3.00. The molecule has 0 aliphatic heterocycles. The van der Waals surface area contributed by atoms with Crippen molar-refractivity contribution in [1.82, 2.24) is 14.5 Å². The summed E-state index contributed by atoms with van der Waals surface area (Å²) in [5.74, 6) is -0.880. The van der Waals surface area contributed by atoms with Crippen molar-refractivity contribution >= 4 is 5.91 Å². The summed E-state index contributed by atoms with van der Waals surface area (Å²) in [6, 6.07) is 4.13. The van der Waals surface area contributed by atoms with Gasteiger partial charge in [-0.3, -0.25) is 9.36 Å². The molecule has 7 heteroatoms. The first-order chi connectivity index (χ1) is 9.90. The van der Waals surface area contributed by atoms with Crippen LogP contribution in [-0.2, 0) is 6.54 Å². The quantitative estimate of drug-likeness (QED) is 0.870. The van der Waals surface area contributed by atoms with Gasteiger partial charge in [-0.1, -0.05) is 6.07 Å². The molecule has 112 valence electrons. The summed E-state index contributed by atoms with van der Waals surface area (Å²) >= 11 is 0. The van der Waals surface area contributed by atoms with E-state index >= 15 is 0 Å². The normalized spacial score (nSPS) is 11.0. The van der Waals surface area contributed by atoms with Crippen molar-refractivity contribution in [3.05, 3.63) is 53.4 Å². The fourth-order valence-electron chi connectivity index (χ4n) is 1.87. The van der Waals surface area contributed by atoms with Crippen LogP contribution in [0, 0.1) is 12.7 Å². The number of aryl methyl sites for hydroxylation is 1. The predicted molar refractivity (Wildman–Crippen MR) is 70.4 cm³/mol. The summed E-state index contributed by atoms with van der Waals surface area (Å²) in [6.45, 7) is -1.22. The van der Waals surface area contributed by atoms with Gasteiger partial charge in [-0.15, -0.1) is 0 Å². The number of aromatic nitrogens is 2. The fraction of sp³-hybridized carbons (Fsp3) is 0.286. The van der Waals surface area contributed by atoms with E-state index in [1.54, 1.807) is 6.92 Å². The number of alkyl halides is 2. The third kappa shape index (κ3) is 3.24. The molecule has 21 heavy (non-hydrogen) atoms. The zero-order chi connectivity index (χ0) is 15.6. The molecule has 0 N–H and O–H groups in total. The molecule has 0 fully saturated rings. The third-order valence-electron chi connectivity index (χ3n) is 3.10. The molecule has 4 nitrogen and oxygen atoms in total. The van der Waals surface area contributed by atoms with Crippen LogP contribution in [0.5, 0.6) is 0 Å². The van der Waals surface area contributed by atoms with Gasteiger partial charge in [0.2, 0.25) is 0 Å². The molecular weight excluding hydrogens is 283 g/mol. The van der Waals surface area contributed by atoms with Crippen LogP contribution in [0.2, 0.25) is 0 Å². The van der Waals surface area contributed by atoms with Crippen LogP contribution < -0.4 is 0 Å². The van der Waals surface area contributed by atoms with Crippen molar-refractivity contribution in [2.24, 2.45) is 0 Å². The van der Waals surface area contributed by atoms with E-state index in [2.05, 4.69) is 4.98 Å². The molecule has 0 saturated carbocycles. The summed E-state index contributed by atoms with van der Waals surface area (Å²) < 4.78 is 39.5. The minimum atomic E-state index is -2.72. The largest absolute Gasteiger partial charge is 0.334 e. The number of carbonyl (C=O) groups excluding carboxylic acids is 1. The van der Waals surface area contributed by atoms with Crippen LogP contribution in [0.3, 0.4) is 0 Å². The van der Waals surface area contributed by atoms with Crippen molar-refractivity contribution in [1.29, 1.82) is 0 Å². The van der Waals surface area contributed by atoms with Crippen molar-refractivity contribution in [2.45, 2.75) is 20.0 Å². The highest BCUT2D eigenvalue weighted by atomic mass is 19.3. The third-order valence-corrected chi connectivity index (χ3v) is 3.10. The first-order valence-corrected chi connectivity index (χ1v) is 6.21. The lowest BCUT2D eigenvalue weighted by Crippen LogP contribution is -2.28. The van der Waals surface area contributed by atoms with Gasteiger partial charge in [-0.2, -0.15) is 8.78 Å². The molecule has 0 saturated heterocycles. The Bertz CT molecular complexity index is 655. The Kier molecular flexibility index (Phi) is 4.30. The molecule has 1 aromatic carbocycles. The number of hydrogen-bond donors (Lipinski definition) is 0. The molecule has 0 atom stereocenters. The number of benzene rings is 1. The highest BCUT2D eigenvalue weighted by molar-refractivity contribution is 5.94. The molecule has 0 radical (unpaired) electrons. The Morgan fingerprint density at radius 1 is 1.43 bits per heavy atom. The Morgan fingerprint density at radius 2 is 2.14 bits per heavy atom. The van der Waals surface area contributed by atoms with Gasteiger partial charge < -0.3 is 4.90 Å². The number of hydrogen-bond acceptors (Lipinski definition) is 2. The van der Waals surface area contributed by atoms with Crippen molar-refractivity contribution in [3.63, 3.8) is 0 Å². The highest BCUT2D eigenvalue weighted by Gasteiger charge is 2.18. The summed E-state index contributed by atoms with van der Waals surface area (Å²) in [5, 5.41) is 0. The van der Waals surface area contributed by atoms with E-state index < -0.39 is 18.3 Å². The Balaban J connectivity index is 2.15. The summed E-state index contributed by atoms with van der Waals surface area (Å²) in [6.07, 6.45) is 2.38. The Labute approximate surface area is 119 Å². The SMILES string of the molecule is Cc1ccc(C(=O)N(C)Cc2nccn2C(F)F)cc1F. The van der Waals surface area contributed by atoms with E-state index in [-0.39, 0.29) is 17.9 Å². The minimum Gasteiger partial charge on any atom is -0.334 e. The second kappa shape index (κ2) is 5.99. The molecule has 2 rings (SSSR count).